The van der Waals surface area contributed by atoms with Crippen LogP contribution in [0, 0.1) is 5.82 Å². The summed E-state index contributed by atoms with van der Waals surface area (Å²) in [7, 11) is 1.57. The van der Waals surface area contributed by atoms with Gasteiger partial charge < -0.3 is 10.1 Å². The molecule has 1 aliphatic rings. The van der Waals surface area contributed by atoms with E-state index in [2.05, 4.69) is 16.9 Å². The number of benzene rings is 1. The summed E-state index contributed by atoms with van der Waals surface area (Å²) < 4.78 is 18.8. The quantitative estimate of drug-likeness (QED) is 0.771. The van der Waals surface area contributed by atoms with E-state index < -0.39 is 0 Å². The van der Waals surface area contributed by atoms with Crippen molar-refractivity contribution in [3.63, 3.8) is 0 Å². The van der Waals surface area contributed by atoms with Crippen molar-refractivity contribution >= 4 is 56.8 Å². The summed E-state index contributed by atoms with van der Waals surface area (Å²) in [5, 5.41) is 6.03. The van der Waals surface area contributed by atoms with Gasteiger partial charge in [0.1, 0.15) is 5.82 Å². The fraction of sp³-hybridized carbons (Fsp3) is 0.125. The predicted molar refractivity (Wildman–Crippen MR) is 99.9 cm³/mol. The van der Waals surface area contributed by atoms with E-state index in [1.807, 2.05) is 11.5 Å². The summed E-state index contributed by atoms with van der Waals surface area (Å²) in [5.74, 6) is -0.310. The fourth-order valence-electron chi connectivity index (χ4n) is 2.09. The summed E-state index contributed by atoms with van der Waals surface area (Å²) in [4.78, 5) is 5.41. The summed E-state index contributed by atoms with van der Waals surface area (Å²) in [6.45, 7) is 4.05. The molecule has 0 bridgehead atoms. The first kappa shape index (κ1) is 16.2. The van der Waals surface area contributed by atoms with Crippen molar-refractivity contribution in [2.75, 3.05) is 12.4 Å². The zero-order valence-electron chi connectivity index (χ0n) is 12.2. The molecule has 0 amide bonds. The molecule has 0 fully saturated rings. The van der Waals surface area contributed by atoms with E-state index in [0.717, 1.165) is 16.2 Å². The molecule has 1 aromatic heterocycles. The highest BCUT2D eigenvalue weighted by molar-refractivity contribution is 8.06. The maximum absolute atomic E-state index is 13.7. The van der Waals surface area contributed by atoms with Gasteiger partial charge >= 0.3 is 0 Å². The molecule has 1 atom stereocenters. The fourth-order valence-corrected chi connectivity index (χ4v) is 4.03. The average Bonchev–Trinajstić information content (AvgIpc) is 3.15. The maximum atomic E-state index is 13.7. The van der Waals surface area contributed by atoms with Gasteiger partial charge in [0.25, 0.3) is 0 Å². The van der Waals surface area contributed by atoms with Crippen molar-refractivity contribution in [3.8, 4) is 0 Å². The number of aromatic nitrogens is 1. The number of thiocarbonyl (C=S) groups is 1. The Kier molecular flexibility index (Phi) is 4.79. The van der Waals surface area contributed by atoms with Crippen molar-refractivity contribution in [3.05, 3.63) is 58.7 Å². The third-order valence-corrected chi connectivity index (χ3v) is 5.65. The Bertz CT molecular complexity index is 800. The van der Waals surface area contributed by atoms with Crippen molar-refractivity contribution in [1.82, 2.24) is 4.98 Å². The predicted octanol–water partition coefficient (Wildman–Crippen LogP) is 5.01. The minimum atomic E-state index is -0.310. The Hall–Kier alpha value is -1.70. The standard InChI is InChI=1S/C16H13FN2OS3/c1-9-10(7-14(23-9)15(21)20-2)13-8-22-16(19-13)18-12-6-4-3-5-11(12)17/h3-8,14H,1H2,2H3,(H,18,19). The van der Waals surface area contributed by atoms with Crippen LogP contribution in [0.1, 0.15) is 5.69 Å². The van der Waals surface area contributed by atoms with Gasteiger partial charge in [-0.3, -0.25) is 0 Å². The summed E-state index contributed by atoms with van der Waals surface area (Å²) >= 11 is 8.14. The molecule has 1 aliphatic heterocycles. The number of anilines is 2. The number of halogens is 1. The first-order valence-corrected chi connectivity index (χ1v) is 8.88. The number of hydrogen-bond acceptors (Lipinski definition) is 6. The second-order valence-electron chi connectivity index (χ2n) is 4.71. The number of rotatable bonds is 4. The van der Waals surface area contributed by atoms with Crippen LogP contribution in [0.15, 0.2) is 47.2 Å². The van der Waals surface area contributed by atoms with Crippen molar-refractivity contribution in [1.29, 1.82) is 0 Å². The number of hydrogen-bond donors (Lipinski definition) is 1. The van der Waals surface area contributed by atoms with Crippen LogP contribution in [0.3, 0.4) is 0 Å². The van der Waals surface area contributed by atoms with Crippen LogP contribution in [0.2, 0.25) is 0 Å². The number of nitrogens with zero attached hydrogens (tertiary/aromatic N) is 1. The number of allylic oxidation sites excluding steroid dienone is 1. The van der Waals surface area contributed by atoms with E-state index in [1.54, 1.807) is 37.1 Å². The topological polar surface area (TPSA) is 34.1 Å². The largest absolute Gasteiger partial charge is 0.489 e. The van der Waals surface area contributed by atoms with E-state index in [0.29, 0.717) is 15.9 Å². The molecule has 0 saturated carbocycles. The third kappa shape index (κ3) is 3.46. The highest BCUT2D eigenvalue weighted by Gasteiger charge is 2.26. The third-order valence-electron chi connectivity index (χ3n) is 3.22. The van der Waals surface area contributed by atoms with Gasteiger partial charge in [-0.15, -0.1) is 23.1 Å². The van der Waals surface area contributed by atoms with Gasteiger partial charge in [-0.1, -0.05) is 24.8 Å². The SMILES string of the molecule is C=C1SC(C(=S)OC)C=C1c1csc(Nc2ccccc2F)n1. The van der Waals surface area contributed by atoms with Crippen LogP contribution >= 0.6 is 35.3 Å². The van der Waals surface area contributed by atoms with E-state index in [-0.39, 0.29) is 11.1 Å². The summed E-state index contributed by atoms with van der Waals surface area (Å²) in [6, 6.07) is 6.50. The normalized spacial score (nSPS) is 17.0. The highest BCUT2D eigenvalue weighted by atomic mass is 32.2. The van der Waals surface area contributed by atoms with Gasteiger partial charge in [0.05, 0.1) is 23.7 Å². The molecule has 23 heavy (non-hydrogen) atoms. The van der Waals surface area contributed by atoms with E-state index in [1.165, 1.54) is 17.4 Å². The molecule has 3 nitrogen and oxygen atoms in total. The van der Waals surface area contributed by atoms with Gasteiger partial charge in [0.2, 0.25) is 0 Å². The zero-order valence-corrected chi connectivity index (χ0v) is 14.7. The summed E-state index contributed by atoms with van der Waals surface area (Å²) in [5.41, 5.74) is 2.14. The maximum Gasteiger partial charge on any atom is 0.187 e. The average molecular weight is 364 g/mol. The van der Waals surface area contributed by atoms with Crippen molar-refractivity contribution in [2.24, 2.45) is 0 Å². The first-order chi connectivity index (χ1) is 11.1. The molecule has 7 heteroatoms. The number of thiazole rings is 1. The summed E-state index contributed by atoms with van der Waals surface area (Å²) in [6.07, 6.45) is 2.00. The minimum absolute atomic E-state index is 0.0258. The number of ether oxygens (including phenoxy) is 1. The van der Waals surface area contributed by atoms with Crippen LogP contribution in [0.4, 0.5) is 15.2 Å². The molecule has 1 unspecified atom stereocenters. The highest BCUT2D eigenvalue weighted by Crippen LogP contribution is 2.42. The molecule has 0 spiro atoms. The van der Waals surface area contributed by atoms with Crippen molar-refractivity contribution in [2.45, 2.75) is 5.25 Å². The number of para-hydroxylation sites is 1. The molecule has 0 saturated heterocycles. The van der Waals surface area contributed by atoms with Gasteiger partial charge in [0, 0.05) is 15.9 Å². The zero-order chi connectivity index (χ0) is 16.4. The number of nitrogens with one attached hydrogen (secondary N) is 1. The number of methoxy groups -OCH3 is 1. The minimum Gasteiger partial charge on any atom is -0.489 e. The first-order valence-electron chi connectivity index (χ1n) is 6.71. The Labute approximate surface area is 147 Å². The molecular formula is C16H13FN2OS3. The molecule has 3 rings (SSSR count). The molecule has 2 heterocycles. The van der Waals surface area contributed by atoms with Gasteiger partial charge in [-0.25, -0.2) is 9.37 Å². The number of thioether (sulfide) groups is 1. The Morgan fingerprint density at radius 1 is 1.43 bits per heavy atom. The molecule has 1 aromatic carbocycles. The Morgan fingerprint density at radius 3 is 2.96 bits per heavy atom. The molecule has 1 N–H and O–H groups in total. The lowest BCUT2D eigenvalue weighted by Gasteiger charge is -2.06. The lowest BCUT2D eigenvalue weighted by molar-refractivity contribution is 0.408. The van der Waals surface area contributed by atoms with Crippen LogP contribution < -0.4 is 5.32 Å². The molecule has 0 radical (unpaired) electrons. The van der Waals surface area contributed by atoms with E-state index in [4.69, 9.17) is 17.0 Å². The van der Waals surface area contributed by atoms with E-state index >= 15 is 0 Å². The van der Waals surface area contributed by atoms with Gasteiger partial charge in [0.15, 0.2) is 10.2 Å². The molecule has 0 aliphatic carbocycles. The molecule has 118 valence electrons. The van der Waals surface area contributed by atoms with Crippen LogP contribution in [-0.4, -0.2) is 22.4 Å². The van der Waals surface area contributed by atoms with E-state index in [9.17, 15) is 4.39 Å². The second-order valence-corrected chi connectivity index (χ2v) is 7.20. The lowest BCUT2D eigenvalue weighted by atomic mass is 10.1. The van der Waals surface area contributed by atoms with Crippen LogP contribution in [-0.2, 0) is 4.74 Å². The monoisotopic (exact) mass is 364 g/mol. The molecule has 2 aromatic rings. The van der Waals surface area contributed by atoms with Crippen molar-refractivity contribution < 1.29 is 9.13 Å². The Balaban J connectivity index is 1.81. The smallest absolute Gasteiger partial charge is 0.187 e. The molecular weight excluding hydrogens is 351 g/mol. The second kappa shape index (κ2) is 6.82. The van der Waals surface area contributed by atoms with Crippen LogP contribution in [0.5, 0.6) is 0 Å². The van der Waals surface area contributed by atoms with Gasteiger partial charge in [-0.05, 0) is 24.4 Å². The van der Waals surface area contributed by atoms with Crippen LogP contribution in [0.25, 0.3) is 5.57 Å². The lowest BCUT2D eigenvalue weighted by Crippen LogP contribution is -2.11. The Morgan fingerprint density at radius 2 is 2.22 bits per heavy atom. The van der Waals surface area contributed by atoms with Gasteiger partial charge in [-0.2, -0.15) is 0 Å².